The number of ether oxygens (including phenoxy) is 1. The van der Waals surface area contributed by atoms with E-state index in [4.69, 9.17) is 10.5 Å². The summed E-state index contributed by atoms with van der Waals surface area (Å²) in [5, 5.41) is 0. The predicted molar refractivity (Wildman–Crippen MR) is 82.3 cm³/mol. The molecule has 108 valence electrons. The van der Waals surface area contributed by atoms with Crippen molar-refractivity contribution in [1.82, 2.24) is 4.90 Å². The van der Waals surface area contributed by atoms with Gasteiger partial charge < -0.3 is 15.4 Å². The molecule has 1 amide bonds. The van der Waals surface area contributed by atoms with E-state index in [1.165, 1.54) is 11.8 Å². The Kier molecular flexibility index (Phi) is 8.63. The minimum Gasteiger partial charge on any atom is -0.497 e. The first-order chi connectivity index (χ1) is 8.58. The highest BCUT2D eigenvalue weighted by atomic mass is 35.5. The second-order valence-electron chi connectivity index (χ2n) is 4.06. The zero-order valence-corrected chi connectivity index (χ0v) is 13.1. The number of carbonyl (C=O) groups is 1. The summed E-state index contributed by atoms with van der Waals surface area (Å²) >= 11 is 1.50. The van der Waals surface area contributed by atoms with Gasteiger partial charge in [-0.3, -0.25) is 4.79 Å². The van der Waals surface area contributed by atoms with Crippen molar-refractivity contribution in [2.45, 2.75) is 17.9 Å². The Bertz CT molecular complexity index is 404. The zero-order chi connectivity index (χ0) is 13.5. The fourth-order valence-electron chi connectivity index (χ4n) is 1.34. The quantitative estimate of drug-likeness (QED) is 0.817. The van der Waals surface area contributed by atoms with Crippen LogP contribution in [0.25, 0.3) is 0 Å². The highest BCUT2D eigenvalue weighted by Gasteiger charge is 2.14. The predicted octanol–water partition coefficient (Wildman–Crippen LogP) is 2.01. The number of hydrogen-bond acceptors (Lipinski definition) is 4. The summed E-state index contributed by atoms with van der Waals surface area (Å²) in [4.78, 5) is 14.6. The van der Waals surface area contributed by atoms with Gasteiger partial charge in [0.15, 0.2) is 0 Å². The van der Waals surface area contributed by atoms with Crippen LogP contribution in [-0.4, -0.2) is 43.3 Å². The molecule has 2 N–H and O–H groups in total. The van der Waals surface area contributed by atoms with E-state index in [9.17, 15) is 4.79 Å². The van der Waals surface area contributed by atoms with Crippen molar-refractivity contribution in [1.29, 1.82) is 0 Å². The van der Waals surface area contributed by atoms with Gasteiger partial charge in [0.2, 0.25) is 5.91 Å². The minimum atomic E-state index is 0. The highest BCUT2D eigenvalue weighted by Crippen LogP contribution is 2.23. The molecular formula is C13H21ClN2O2S. The Balaban J connectivity index is 0.00000324. The number of rotatable bonds is 6. The van der Waals surface area contributed by atoms with Crippen LogP contribution in [0.3, 0.4) is 0 Å². The number of hydrogen-bond donors (Lipinski definition) is 1. The fourth-order valence-corrected chi connectivity index (χ4v) is 2.21. The third kappa shape index (κ3) is 5.72. The van der Waals surface area contributed by atoms with E-state index in [0.29, 0.717) is 12.3 Å². The number of carbonyl (C=O) groups excluding carboxylic acids is 1. The molecule has 0 saturated carbocycles. The van der Waals surface area contributed by atoms with Gasteiger partial charge in [0, 0.05) is 24.5 Å². The van der Waals surface area contributed by atoms with Crippen LogP contribution in [-0.2, 0) is 4.79 Å². The van der Waals surface area contributed by atoms with Crippen molar-refractivity contribution in [2.24, 2.45) is 5.73 Å². The van der Waals surface area contributed by atoms with E-state index in [2.05, 4.69) is 0 Å². The first-order valence-corrected chi connectivity index (χ1v) is 6.79. The van der Waals surface area contributed by atoms with Gasteiger partial charge in [-0.2, -0.15) is 0 Å². The molecule has 1 aromatic carbocycles. The average molecular weight is 305 g/mol. The van der Waals surface area contributed by atoms with Gasteiger partial charge >= 0.3 is 0 Å². The maximum Gasteiger partial charge on any atom is 0.232 e. The minimum absolute atomic E-state index is 0. The molecule has 0 aliphatic heterocycles. The van der Waals surface area contributed by atoms with E-state index in [1.54, 1.807) is 19.1 Å². The van der Waals surface area contributed by atoms with Gasteiger partial charge in [-0.25, -0.2) is 0 Å². The van der Waals surface area contributed by atoms with Crippen molar-refractivity contribution in [3.63, 3.8) is 0 Å². The first-order valence-electron chi connectivity index (χ1n) is 5.81. The number of benzene rings is 1. The highest BCUT2D eigenvalue weighted by molar-refractivity contribution is 8.00. The third-order valence-electron chi connectivity index (χ3n) is 2.80. The maximum atomic E-state index is 11.9. The molecule has 0 bridgehead atoms. The lowest BCUT2D eigenvalue weighted by Gasteiger charge is -2.23. The Morgan fingerprint density at radius 1 is 1.53 bits per heavy atom. The molecule has 1 aromatic rings. The monoisotopic (exact) mass is 304 g/mol. The van der Waals surface area contributed by atoms with Crippen LogP contribution in [0, 0.1) is 0 Å². The standard InChI is InChI=1S/C13H20N2O2S.ClH/c1-10(8-14)15(2)13(16)9-18-12-6-4-5-11(7-12)17-3;/h4-7,10H,8-9,14H2,1-3H3;1H. The molecule has 0 radical (unpaired) electrons. The first kappa shape index (κ1) is 18.1. The van der Waals surface area contributed by atoms with E-state index in [-0.39, 0.29) is 24.4 Å². The number of nitrogens with two attached hydrogens (primary N) is 1. The van der Waals surface area contributed by atoms with Gasteiger partial charge in [-0.15, -0.1) is 24.2 Å². The Morgan fingerprint density at radius 3 is 2.79 bits per heavy atom. The van der Waals surface area contributed by atoms with Gasteiger partial charge in [0.25, 0.3) is 0 Å². The molecule has 0 saturated heterocycles. The maximum absolute atomic E-state index is 11.9. The largest absolute Gasteiger partial charge is 0.497 e. The summed E-state index contributed by atoms with van der Waals surface area (Å²) in [7, 11) is 3.41. The zero-order valence-electron chi connectivity index (χ0n) is 11.5. The number of amides is 1. The SMILES string of the molecule is COc1cccc(SCC(=O)N(C)C(C)CN)c1.Cl. The number of nitrogens with zero attached hydrogens (tertiary/aromatic N) is 1. The number of likely N-dealkylation sites (N-methyl/N-ethyl adjacent to an activating group) is 1. The van der Waals surface area contributed by atoms with Gasteiger partial charge in [0.1, 0.15) is 5.75 Å². The third-order valence-corrected chi connectivity index (χ3v) is 3.78. The van der Waals surface area contributed by atoms with E-state index >= 15 is 0 Å². The van der Waals surface area contributed by atoms with Gasteiger partial charge in [0.05, 0.1) is 12.9 Å². The molecule has 1 rings (SSSR count). The van der Waals surface area contributed by atoms with Crippen LogP contribution in [0.1, 0.15) is 6.92 Å². The molecule has 6 heteroatoms. The number of halogens is 1. The summed E-state index contributed by atoms with van der Waals surface area (Å²) in [5.74, 6) is 1.30. The average Bonchev–Trinajstić information content (AvgIpc) is 2.43. The van der Waals surface area contributed by atoms with Crippen molar-refractivity contribution in [2.75, 3.05) is 26.5 Å². The molecule has 0 fully saturated rings. The lowest BCUT2D eigenvalue weighted by molar-refractivity contribution is -0.128. The van der Waals surface area contributed by atoms with Crippen LogP contribution in [0.5, 0.6) is 5.75 Å². The lowest BCUT2D eigenvalue weighted by Crippen LogP contribution is -2.40. The molecule has 0 heterocycles. The summed E-state index contributed by atoms with van der Waals surface area (Å²) in [5.41, 5.74) is 5.54. The summed E-state index contributed by atoms with van der Waals surface area (Å²) in [6, 6.07) is 7.76. The smallest absolute Gasteiger partial charge is 0.232 e. The van der Waals surface area contributed by atoms with Crippen LogP contribution in [0.15, 0.2) is 29.2 Å². The van der Waals surface area contributed by atoms with Crippen molar-refractivity contribution in [3.05, 3.63) is 24.3 Å². The second-order valence-corrected chi connectivity index (χ2v) is 5.11. The van der Waals surface area contributed by atoms with Gasteiger partial charge in [-0.1, -0.05) is 6.07 Å². The van der Waals surface area contributed by atoms with E-state index in [1.807, 2.05) is 31.2 Å². The normalized spacial score (nSPS) is 11.4. The molecule has 1 atom stereocenters. The fraction of sp³-hybridized carbons (Fsp3) is 0.462. The van der Waals surface area contributed by atoms with Crippen LogP contribution < -0.4 is 10.5 Å². The van der Waals surface area contributed by atoms with Crippen molar-refractivity contribution in [3.8, 4) is 5.75 Å². The molecule has 0 aliphatic rings. The summed E-state index contributed by atoms with van der Waals surface area (Å²) in [6.45, 7) is 2.42. The molecule has 0 aromatic heterocycles. The Hall–Kier alpha value is -0.910. The van der Waals surface area contributed by atoms with Crippen molar-refractivity contribution >= 4 is 30.1 Å². The molecular weight excluding hydrogens is 284 g/mol. The molecule has 19 heavy (non-hydrogen) atoms. The van der Waals surface area contributed by atoms with E-state index < -0.39 is 0 Å². The van der Waals surface area contributed by atoms with Crippen LogP contribution >= 0.6 is 24.2 Å². The van der Waals surface area contributed by atoms with E-state index in [0.717, 1.165) is 10.6 Å². The van der Waals surface area contributed by atoms with Crippen LogP contribution in [0.4, 0.5) is 0 Å². The Labute approximate surface area is 125 Å². The van der Waals surface area contributed by atoms with Crippen molar-refractivity contribution < 1.29 is 9.53 Å². The second kappa shape index (κ2) is 9.07. The molecule has 0 spiro atoms. The molecule has 0 aliphatic carbocycles. The molecule has 1 unspecified atom stereocenters. The van der Waals surface area contributed by atoms with Crippen LogP contribution in [0.2, 0.25) is 0 Å². The lowest BCUT2D eigenvalue weighted by atomic mass is 10.3. The molecule has 4 nitrogen and oxygen atoms in total. The Morgan fingerprint density at radius 2 is 2.21 bits per heavy atom. The van der Waals surface area contributed by atoms with Gasteiger partial charge in [-0.05, 0) is 25.1 Å². The number of thioether (sulfide) groups is 1. The number of methoxy groups -OCH3 is 1. The topological polar surface area (TPSA) is 55.6 Å². The summed E-state index contributed by atoms with van der Waals surface area (Å²) < 4.78 is 5.14. The summed E-state index contributed by atoms with van der Waals surface area (Å²) in [6.07, 6.45) is 0.